The molecule has 0 saturated heterocycles. The number of carbonyl (C=O) groups excluding carboxylic acids is 1. The zero-order chi connectivity index (χ0) is 15.6. The molecular weight excluding hydrogens is 348 g/mol. The van der Waals surface area contributed by atoms with Crippen LogP contribution >= 0.6 is 15.9 Å². The van der Waals surface area contributed by atoms with Gasteiger partial charge in [-0.3, -0.25) is 4.68 Å². The van der Waals surface area contributed by atoms with Gasteiger partial charge in [-0.05, 0) is 35.0 Å². The SMILES string of the molecule is CCOC(=O)c1nn(Cc2c(F)ccc(Br)c2F)cc1N. The van der Waals surface area contributed by atoms with Crippen LogP contribution in [0.2, 0.25) is 0 Å². The van der Waals surface area contributed by atoms with Gasteiger partial charge in [0.25, 0.3) is 0 Å². The summed E-state index contributed by atoms with van der Waals surface area (Å²) in [6.07, 6.45) is 1.33. The summed E-state index contributed by atoms with van der Waals surface area (Å²) in [7, 11) is 0. The van der Waals surface area contributed by atoms with Crippen LogP contribution in [0.3, 0.4) is 0 Å². The van der Waals surface area contributed by atoms with Gasteiger partial charge < -0.3 is 10.5 Å². The second-order valence-electron chi connectivity index (χ2n) is 4.17. The van der Waals surface area contributed by atoms with Gasteiger partial charge in [-0.15, -0.1) is 0 Å². The Morgan fingerprint density at radius 2 is 2.19 bits per heavy atom. The van der Waals surface area contributed by atoms with Gasteiger partial charge in [0.1, 0.15) is 11.6 Å². The van der Waals surface area contributed by atoms with Crippen LogP contribution in [-0.4, -0.2) is 22.4 Å². The monoisotopic (exact) mass is 359 g/mol. The zero-order valence-corrected chi connectivity index (χ0v) is 12.7. The predicted octanol–water partition coefficient (Wildman–Crippen LogP) is 2.73. The van der Waals surface area contributed by atoms with Crippen molar-refractivity contribution in [1.29, 1.82) is 0 Å². The lowest BCUT2D eigenvalue weighted by Crippen LogP contribution is -2.10. The van der Waals surface area contributed by atoms with Gasteiger partial charge in [-0.2, -0.15) is 5.10 Å². The van der Waals surface area contributed by atoms with Gasteiger partial charge in [0.05, 0.1) is 23.3 Å². The quantitative estimate of drug-likeness (QED) is 0.673. The van der Waals surface area contributed by atoms with Crippen molar-refractivity contribution >= 4 is 27.6 Å². The summed E-state index contributed by atoms with van der Waals surface area (Å²) in [4.78, 5) is 11.6. The average molecular weight is 360 g/mol. The van der Waals surface area contributed by atoms with Gasteiger partial charge in [0, 0.05) is 11.8 Å². The molecule has 0 spiro atoms. The third-order valence-electron chi connectivity index (χ3n) is 2.72. The van der Waals surface area contributed by atoms with Crippen LogP contribution in [0.4, 0.5) is 14.5 Å². The molecule has 0 unspecified atom stereocenters. The highest BCUT2D eigenvalue weighted by Gasteiger charge is 2.18. The van der Waals surface area contributed by atoms with E-state index in [1.54, 1.807) is 6.92 Å². The minimum absolute atomic E-state index is 0.0762. The summed E-state index contributed by atoms with van der Waals surface area (Å²) >= 11 is 2.99. The number of ether oxygens (including phenoxy) is 1. The molecule has 2 aromatic rings. The van der Waals surface area contributed by atoms with E-state index in [1.165, 1.54) is 16.9 Å². The molecule has 0 radical (unpaired) electrons. The van der Waals surface area contributed by atoms with Crippen molar-refractivity contribution in [2.45, 2.75) is 13.5 Å². The van der Waals surface area contributed by atoms with E-state index in [-0.39, 0.29) is 34.6 Å². The molecule has 0 bridgehead atoms. The van der Waals surface area contributed by atoms with Crippen molar-refractivity contribution < 1.29 is 18.3 Å². The number of carbonyl (C=O) groups is 1. The van der Waals surface area contributed by atoms with E-state index in [9.17, 15) is 13.6 Å². The Balaban J connectivity index is 2.31. The molecule has 0 aliphatic rings. The van der Waals surface area contributed by atoms with Gasteiger partial charge in [-0.1, -0.05) is 0 Å². The van der Waals surface area contributed by atoms with Crippen molar-refractivity contribution in [2.75, 3.05) is 12.3 Å². The van der Waals surface area contributed by atoms with Crippen LogP contribution < -0.4 is 5.73 Å². The molecule has 1 aromatic carbocycles. The highest BCUT2D eigenvalue weighted by atomic mass is 79.9. The molecule has 0 aliphatic heterocycles. The van der Waals surface area contributed by atoms with E-state index in [0.29, 0.717) is 0 Å². The van der Waals surface area contributed by atoms with Crippen molar-refractivity contribution in [3.63, 3.8) is 0 Å². The number of nitrogens with two attached hydrogens (primary N) is 1. The number of benzene rings is 1. The number of hydrogen-bond acceptors (Lipinski definition) is 4. The van der Waals surface area contributed by atoms with Crippen LogP contribution in [0.5, 0.6) is 0 Å². The van der Waals surface area contributed by atoms with E-state index < -0.39 is 17.6 Å². The Morgan fingerprint density at radius 3 is 2.86 bits per heavy atom. The van der Waals surface area contributed by atoms with Crippen LogP contribution in [0, 0.1) is 11.6 Å². The first-order valence-corrected chi connectivity index (χ1v) is 6.85. The lowest BCUT2D eigenvalue weighted by atomic mass is 10.2. The second kappa shape index (κ2) is 6.21. The Hall–Kier alpha value is -1.96. The molecule has 112 valence electrons. The van der Waals surface area contributed by atoms with Gasteiger partial charge in [0.15, 0.2) is 5.69 Å². The van der Waals surface area contributed by atoms with Crippen LogP contribution in [-0.2, 0) is 11.3 Å². The van der Waals surface area contributed by atoms with E-state index >= 15 is 0 Å². The Labute approximate surface area is 127 Å². The van der Waals surface area contributed by atoms with Crippen LogP contribution in [0.25, 0.3) is 0 Å². The molecule has 21 heavy (non-hydrogen) atoms. The molecule has 2 N–H and O–H groups in total. The molecule has 0 aliphatic carbocycles. The zero-order valence-electron chi connectivity index (χ0n) is 11.1. The van der Waals surface area contributed by atoms with E-state index in [1.807, 2.05) is 0 Å². The van der Waals surface area contributed by atoms with Gasteiger partial charge in [-0.25, -0.2) is 13.6 Å². The normalized spacial score (nSPS) is 10.7. The number of anilines is 1. The van der Waals surface area contributed by atoms with E-state index in [4.69, 9.17) is 10.5 Å². The summed E-state index contributed by atoms with van der Waals surface area (Å²) < 4.78 is 33.7. The number of hydrogen-bond donors (Lipinski definition) is 1. The molecule has 5 nitrogen and oxygen atoms in total. The third kappa shape index (κ3) is 3.21. The topological polar surface area (TPSA) is 70.1 Å². The lowest BCUT2D eigenvalue weighted by Gasteiger charge is -2.06. The van der Waals surface area contributed by atoms with E-state index in [2.05, 4.69) is 21.0 Å². The molecular formula is C13H12BrF2N3O2. The fraction of sp³-hybridized carbons (Fsp3) is 0.231. The molecule has 0 atom stereocenters. The fourth-order valence-electron chi connectivity index (χ4n) is 1.75. The fourth-order valence-corrected chi connectivity index (χ4v) is 2.12. The molecule has 2 rings (SSSR count). The number of nitrogen functional groups attached to an aromatic ring is 1. The summed E-state index contributed by atoms with van der Waals surface area (Å²) in [5.41, 5.74) is 5.48. The van der Waals surface area contributed by atoms with Gasteiger partial charge in [0.2, 0.25) is 0 Å². The maximum absolute atomic E-state index is 13.9. The first kappa shape index (κ1) is 15.4. The molecule has 0 saturated carbocycles. The lowest BCUT2D eigenvalue weighted by molar-refractivity contribution is 0.0519. The summed E-state index contributed by atoms with van der Waals surface area (Å²) in [6, 6.07) is 2.41. The maximum Gasteiger partial charge on any atom is 0.361 e. The first-order chi connectivity index (χ1) is 9.93. The highest BCUT2D eigenvalue weighted by molar-refractivity contribution is 9.10. The molecule has 8 heteroatoms. The van der Waals surface area contributed by atoms with Crippen LogP contribution in [0.15, 0.2) is 22.8 Å². The predicted molar refractivity (Wildman–Crippen MR) is 75.8 cm³/mol. The smallest absolute Gasteiger partial charge is 0.361 e. The first-order valence-electron chi connectivity index (χ1n) is 6.06. The van der Waals surface area contributed by atoms with Crippen molar-refractivity contribution in [1.82, 2.24) is 9.78 Å². The van der Waals surface area contributed by atoms with Crippen molar-refractivity contribution in [2.24, 2.45) is 0 Å². The Kier molecular flexibility index (Phi) is 4.56. The number of esters is 1. The van der Waals surface area contributed by atoms with Crippen LogP contribution in [0.1, 0.15) is 23.0 Å². The number of nitrogens with zero attached hydrogens (tertiary/aromatic N) is 2. The molecule has 1 heterocycles. The summed E-state index contributed by atoms with van der Waals surface area (Å²) in [6.45, 7) is 1.64. The van der Waals surface area contributed by atoms with Crippen molar-refractivity contribution in [3.05, 3.63) is 45.7 Å². The standard InChI is InChI=1S/C13H12BrF2N3O2/c1-2-21-13(20)12-10(17)6-19(18-12)5-7-9(15)4-3-8(14)11(7)16/h3-4,6H,2,5,17H2,1H3. The van der Waals surface area contributed by atoms with Gasteiger partial charge >= 0.3 is 5.97 Å². The summed E-state index contributed by atoms with van der Waals surface area (Å²) in [5.74, 6) is -2.10. The molecule has 0 amide bonds. The average Bonchev–Trinajstić information content (AvgIpc) is 2.80. The number of halogens is 3. The minimum atomic E-state index is -0.721. The maximum atomic E-state index is 13.9. The number of rotatable bonds is 4. The second-order valence-corrected chi connectivity index (χ2v) is 5.03. The largest absolute Gasteiger partial charge is 0.461 e. The molecule has 0 fully saturated rings. The Morgan fingerprint density at radius 1 is 1.48 bits per heavy atom. The van der Waals surface area contributed by atoms with Crippen molar-refractivity contribution in [3.8, 4) is 0 Å². The number of aromatic nitrogens is 2. The summed E-state index contributed by atoms with van der Waals surface area (Å²) in [5, 5.41) is 3.90. The minimum Gasteiger partial charge on any atom is -0.461 e. The van der Waals surface area contributed by atoms with E-state index in [0.717, 1.165) is 6.07 Å². The molecule has 1 aromatic heterocycles. The third-order valence-corrected chi connectivity index (χ3v) is 3.33. The highest BCUT2D eigenvalue weighted by Crippen LogP contribution is 2.23. The Bertz CT molecular complexity index is 688.